The summed E-state index contributed by atoms with van der Waals surface area (Å²) < 4.78 is 5.69. The number of carbonyl (C=O) groups excluding carboxylic acids is 1. The number of hydrogen-bond acceptors (Lipinski definition) is 6. The normalized spacial score (nSPS) is 11.0. The van der Waals surface area contributed by atoms with Crippen LogP contribution in [0.2, 0.25) is 0 Å². The molecule has 29 heavy (non-hydrogen) atoms. The number of carbonyl (C=O) groups is 1. The lowest BCUT2D eigenvalue weighted by Crippen LogP contribution is -2.13. The van der Waals surface area contributed by atoms with Crippen LogP contribution in [0, 0.1) is 28.4 Å². The topological polar surface area (TPSA) is 129 Å². The van der Waals surface area contributed by atoms with Crippen LogP contribution in [0.25, 0.3) is 17.4 Å². The lowest BCUT2D eigenvalue weighted by Gasteiger charge is -2.04. The summed E-state index contributed by atoms with van der Waals surface area (Å²) in [5.74, 6) is 0.182. The van der Waals surface area contributed by atoms with Crippen molar-refractivity contribution in [1.82, 2.24) is 0 Å². The fourth-order valence-electron chi connectivity index (χ4n) is 2.65. The first-order valence-corrected chi connectivity index (χ1v) is 8.45. The Kier molecular flexibility index (Phi) is 5.42. The number of rotatable bonds is 5. The van der Waals surface area contributed by atoms with Crippen molar-refractivity contribution in [2.24, 2.45) is 0 Å². The SMILES string of the molecule is Cc1cc([N+](=O)[O-])ccc1-c1ccc(/C=C(\C#N)C(=O)Nc2ccc(O)cc2)o1. The van der Waals surface area contributed by atoms with Gasteiger partial charge < -0.3 is 14.8 Å². The number of nitro benzene ring substituents is 1. The highest BCUT2D eigenvalue weighted by molar-refractivity contribution is 6.09. The maximum Gasteiger partial charge on any atom is 0.269 e. The van der Waals surface area contributed by atoms with Crippen molar-refractivity contribution in [2.75, 3.05) is 5.32 Å². The van der Waals surface area contributed by atoms with Crippen LogP contribution in [0.3, 0.4) is 0 Å². The molecule has 144 valence electrons. The molecule has 8 heteroatoms. The van der Waals surface area contributed by atoms with Crippen molar-refractivity contribution in [3.8, 4) is 23.1 Å². The Hall–Kier alpha value is -4.38. The average molecular weight is 389 g/mol. The van der Waals surface area contributed by atoms with Gasteiger partial charge in [0.1, 0.15) is 28.9 Å². The predicted octanol–water partition coefficient (Wildman–Crippen LogP) is 4.41. The second kappa shape index (κ2) is 8.10. The van der Waals surface area contributed by atoms with Crippen LogP contribution < -0.4 is 5.32 Å². The molecule has 0 fully saturated rings. The van der Waals surface area contributed by atoms with Gasteiger partial charge in [-0.15, -0.1) is 0 Å². The van der Waals surface area contributed by atoms with Gasteiger partial charge >= 0.3 is 0 Å². The molecule has 2 N–H and O–H groups in total. The van der Waals surface area contributed by atoms with Crippen molar-refractivity contribution in [3.05, 3.63) is 81.6 Å². The quantitative estimate of drug-likeness (QED) is 0.218. The van der Waals surface area contributed by atoms with E-state index in [-0.39, 0.29) is 22.8 Å². The largest absolute Gasteiger partial charge is 0.508 e. The Morgan fingerprint density at radius 1 is 1.21 bits per heavy atom. The van der Waals surface area contributed by atoms with E-state index >= 15 is 0 Å². The number of anilines is 1. The van der Waals surface area contributed by atoms with Gasteiger partial charge in [0.05, 0.1) is 4.92 Å². The Morgan fingerprint density at radius 3 is 2.55 bits per heavy atom. The van der Waals surface area contributed by atoms with Crippen LogP contribution in [-0.4, -0.2) is 15.9 Å². The summed E-state index contributed by atoms with van der Waals surface area (Å²) >= 11 is 0. The van der Waals surface area contributed by atoms with Crippen molar-refractivity contribution in [3.63, 3.8) is 0 Å². The van der Waals surface area contributed by atoms with E-state index in [4.69, 9.17) is 4.42 Å². The number of furan rings is 1. The van der Waals surface area contributed by atoms with Crippen molar-refractivity contribution >= 4 is 23.4 Å². The molecule has 1 aromatic heterocycles. The van der Waals surface area contributed by atoms with E-state index in [2.05, 4.69) is 5.32 Å². The summed E-state index contributed by atoms with van der Waals surface area (Å²) in [7, 11) is 0. The Morgan fingerprint density at radius 2 is 1.93 bits per heavy atom. The first kappa shape index (κ1) is 19.4. The van der Waals surface area contributed by atoms with E-state index in [1.54, 1.807) is 25.1 Å². The molecule has 3 aromatic rings. The first-order valence-electron chi connectivity index (χ1n) is 8.45. The minimum Gasteiger partial charge on any atom is -0.508 e. The number of benzene rings is 2. The molecule has 0 unspecified atom stereocenters. The highest BCUT2D eigenvalue weighted by Gasteiger charge is 2.14. The smallest absolute Gasteiger partial charge is 0.269 e. The zero-order chi connectivity index (χ0) is 21.0. The number of aryl methyl sites for hydroxylation is 1. The van der Waals surface area contributed by atoms with Crippen LogP contribution >= 0.6 is 0 Å². The number of phenolic OH excluding ortho intramolecular Hbond substituents is 1. The minimum atomic E-state index is -0.623. The Labute approximate surface area is 165 Å². The van der Waals surface area contributed by atoms with Gasteiger partial charge in [-0.1, -0.05) is 0 Å². The van der Waals surface area contributed by atoms with Gasteiger partial charge in [0, 0.05) is 29.5 Å². The summed E-state index contributed by atoms with van der Waals surface area (Å²) in [6, 6.07) is 15.3. The van der Waals surface area contributed by atoms with Gasteiger partial charge in [-0.2, -0.15) is 5.26 Å². The monoisotopic (exact) mass is 389 g/mol. The summed E-state index contributed by atoms with van der Waals surface area (Å²) in [5, 5.41) is 32.0. The number of hydrogen-bond donors (Lipinski definition) is 2. The maximum atomic E-state index is 12.3. The highest BCUT2D eigenvalue weighted by atomic mass is 16.6. The van der Waals surface area contributed by atoms with Gasteiger partial charge in [0.15, 0.2) is 0 Å². The van der Waals surface area contributed by atoms with Crippen LogP contribution in [-0.2, 0) is 4.79 Å². The molecule has 0 atom stereocenters. The molecule has 0 spiro atoms. The van der Waals surface area contributed by atoms with Gasteiger partial charge in [-0.25, -0.2) is 0 Å². The van der Waals surface area contributed by atoms with Crippen LogP contribution in [0.1, 0.15) is 11.3 Å². The number of amides is 1. The van der Waals surface area contributed by atoms with E-state index < -0.39 is 10.8 Å². The third-order valence-corrected chi connectivity index (χ3v) is 4.09. The molecule has 1 amide bonds. The zero-order valence-corrected chi connectivity index (χ0v) is 15.2. The molecule has 2 aromatic carbocycles. The summed E-state index contributed by atoms with van der Waals surface area (Å²) in [6.45, 7) is 1.73. The Bertz CT molecular complexity index is 1150. The average Bonchev–Trinajstić information content (AvgIpc) is 3.16. The zero-order valence-electron chi connectivity index (χ0n) is 15.2. The molecule has 0 radical (unpaired) electrons. The lowest BCUT2D eigenvalue weighted by atomic mass is 10.1. The van der Waals surface area contributed by atoms with E-state index in [1.807, 2.05) is 6.07 Å². The number of nitro groups is 1. The fraction of sp³-hybridized carbons (Fsp3) is 0.0476. The van der Waals surface area contributed by atoms with Crippen LogP contribution in [0.5, 0.6) is 5.75 Å². The molecule has 8 nitrogen and oxygen atoms in total. The molecular formula is C21H15N3O5. The third-order valence-electron chi connectivity index (χ3n) is 4.09. The van der Waals surface area contributed by atoms with Crippen molar-refractivity contribution in [1.29, 1.82) is 5.26 Å². The fourth-order valence-corrected chi connectivity index (χ4v) is 2.65. The van der Waals surface area contributed by atoms with Gasteiger partial charge in [-0.05, 0) is 55.0 Å². The van der Waals surface area contributed by atoms with Crippen molar-refractivity contribution in [2.45, 2.75) is 6.92 Å². The Balaban J connectivity index is 1.82. The number of non-ortho nitro benzene ring substituents is 1. The molecule has 0 aliphatic rings. The highest BCUT2D eigenvalue weighted by Crippen LogP contribution is 2.29. The number of aromatic hydroxyl groups is 1. The summed E-state index contributed by atoms with van der Waals surface area (Å²) in [6.07, 6.45) is 1.31. The summed E-state index contributed by atoms with van der Waals surface area (Å²) in [4.78, 5) is 22.7. The molecule has 1 heterocycles. The molecule has 0 saturated heterocycles. The summed E-state index contributed by atoms with van der Waals surface area (Å²) in [5.41, 5.74) is 1.57. The first-order chi connectivity index (χ1) is 13.9. The predicted molar refractivity (Wildman–Crippen MR) is 106 cm³/mol. The lowest BCUT2D eigenvalue weighted by molar-refractivity contribution is -0.384. The molecule has 3 rings (SSSR count). The van der Waals surface area contributed by atoms with Crippen LogP contribution in [0.15, 0.2) is 64.6 Å². The molecule has 0 aliphatic heterocycles. The second-order valence-corrected chi connectivity index (χ2v) is 6.13. The standard InChI is InChI=1S/C21H15N3O5/c1-13-10-16(24(27)28)4-8-19(13)20-9-7-18(29-20)11-14(12-22)21(26)23-15-2-5-17(25)6-3-15/h2-11,25H,1H3,(H,23,26)/b14-11+. The van der Waals surface area contributed by atoms with E-state index in [1.165, 1.54) is 42.5 Å². The number of nitriles is 1. The number of nitrogens with zero attached hydrogens (tertiary/aromatic N) is 2. The minimum absolute atomic E-state index is 0.0180. The number of phenols is 1. The van der Waals surface area contributed by atoms with Gasteiger partial charge in [0.2, 0.25) is 0 Å². The maximum absolute atomic E-state index is 12.3. The van der Waals surface area contributed by atoms with E-state index in [0.29, 0.717) is 22.6 Å². The molecular weight excluding hydrogens is 374 g/mol. The molecule has 0 saturated carbocycles. The van der Waals surface area contributed by atoms with E-state index in [9.17, 15) is 25.3 Å². The molecule has 0 aliphatic carbocycles. The number of nitrogens with one attached hydrogen (secondary N) is 1. The second-order valence-electron chi connectivity index (χ2n) is 6.13. The molecule has 0 bridgehead atoms. The van der Waals surface area contributed by atoms with Crippen LogP contribution in [0.4, 0.5) is 11.4 Å². The van der Waals surface area contributed by atoms with Gasteiger partial charge in [0.25, 0.3) is 11.6 Å². The van der Waals surface area contributed by atoms with Crippen molar-refractivity contribution < 1.29 is 19.2 Å². The van der Waals surface area contributed by atoms with Gasteiger partial charge in [-0.3, -0.25) is 14.9 Å². The third kappa shape index (κ3) is 4.48. The van der Waals surface area contributed by atoms with E-state index in [0.717, 1.165) is 0 Å².